The molecule has 3 aromatic heterocycles. The molecule has 8 nitrogen and oxygen atoms in total. The minimum Gasteiger partial charge on any atom is -0.497 e. The number of hydrogen-bond donors (Lipinski definition) is 0. The molecule has 6 aliphatic heterocycles. The van der Waals surface area contributed by atoms with E-state index in [2.05, 4.69) is 84.3 Å². The van der Waals surface area contributed by atoms with Crippen molar-refractivity contribution in [3.63, 3.8) is 0 Å². The van der Waals surface area contributed by atoms with Gasteiger partial charge in [0.2, 0.25) is 0 Å². The molecule has 6 aliphatic rings. The van der Waals surface area contributed by atoms with Crippen LogP contribution in [-0.4, -0.2) is 82.4 Å². The van der Waals surface area contributed by atoms with Gasteiger partial charge < -0.3 is 9.47 Å². The summed E-state index contributed by atoms with van der Waals surface area (Å²) in [6.45, 7) is 9.31. The van der Waals surface area contributed by atoms with Gasteiger partial charge in [0.05, 0.1) is 36.6 Å². The smallest absolute Gasteiger partial charge is 0.119 e. The summed E-state index contributed by atoms with van der Waals surface area (Å²) < 4.78 is 11.6. The number of nitrogens with zero attached hydrogens (tertiary/aromatic N) is 6. The molecule has 6 fully saturated rings. The van der Waals surface area contributed by atoms with Gasteiger partial charge in [0, 0.05) is 70.9 Å². The zero-order chi connectivity index (χ0) is 37.9. The molecule has 6 saturated heterocycles. The first-order chi connectivity index (χ1) is 27.6. The number of fused-ring (bicyclic) bond motifs is 9. The normalized spacial score (nSPS) is 28.1. The number of benzene rings is 3. The van der Waals surface area contributed by atoms with Crippen LogP contribution in [0.3, 0.4) is 0 Å². The first-order valence-corrected chi connectivity index (χ1v) is 21.1. The van der Waals surface area contributed by atoms with Crippen molar-refractivity contribution >= 4 is 32.6 Å². The zero-order valence-corrected chi connectivity index (χ0v) is 33.3. The summed E-state index contributed by atoms with van der Waals surface area (Å²) in [6, 6.07) is 26.7. The number of rotatable bonds is 10. The van der Waals surface area contributed by atoms with Gasteiger partial charge in [0.1, 0.15) is 11.5 Å². The van der Waals surface area contributed by atoms with E-state index in [1.54, 1.807) is 14.2 Å². The van der Waals surface area contributed by atoms with Crippen molar-refractivity contribution in [2.24, 2.45) is 23.7 Å². The van der Waals surface area contributed by atoms with Gasteiger partial charge in [-0.3, -0.25) is 19.8 Å². The minimum atomic E-state index is 0.0175. The number of aromatic nitrogens is 4. The first kappa shape index (κ1) is 35.7. The molecular weight excluding hydrogens is 693 g/mol. The van der Waals surface area contributed by atoms with Crippen molar-refractivity contribution in [2.45, 2.75) is 76.3 Å². The van der Waals surface area contributed by atoms with Crippen molar-refractivity contribution in [1.29, 1.82) is 0 Å². The van der Waals surface area contributed by atoms with Crippen LogP contribution < -0.4 is 9.47 Å². The molecular formula is C48H54N6O2. The van der Waals surface area contributed by atoms with E-state index in [-0.39, 0.29) is 11.8 Å². The highest BCUT2D eigenvalue weighted by atomic mass is 16.5. The average Bonchev–Trinajstić information content (AvgIpc) is 3.27. The molecule has 56 heavy (non-hydrogen) atoms. The van der Waals surface area contributed by atoms with Gasteiger partial charge >= 0.3 is 0 Å². The van der Waals surface area contributed by atoms with E-state index in [9.17, 15) is 0 Å². The molecule has 0 radical (unpaired) electrons. The Morgan fingerprint density at radius 3 is 1.46 bits per heavy atom. The Hall–Kier alpha value is -4.66. The molecule has 0 saturated carbocycles. The largest absolute Gasteiger partial charge is 0.497 e. The average molecular weight is 747 g/mol. The SMILES string of the molecule is CC[C@H]1CN2CC[C@H]1C[C@@H]2[C@H](c1ccnc2ccc(OC)cc12)c1nnc([C@@H](c2ccnc3ccc(OC)cc23)[C@H]2C[C@@H]3CCN2C[C@@H]3CC)c2ccccc12. The van der Waals surface area contributed by atoms with Crippen LogP contribution in [0.5, 0.6) is 11.5 Å². The van der Waals surface area contributed by atoms with Crippen LogP contribution in [0.15, 0.2) is 85.2 Å². The Labute approximate surface area is 330 Å². The molecule has 0 N–H and O–H groups in total. The lowest BCUT2D eigenvalue weighted by Gasteiger charge is -2.52. The maximum atomic E-state index is 5.80. The second-order valence-corrected chi connectivity index (χ2v) is 17.1. The Morgan fingerprint density at radius 1 is 0.607 bits per heavy atom. The van der Waals surface area contributed by atoms with E-state index in [0.717, 1.165) is 94.5 Å². The molecule has 0 aliphatic carbocycles. The summed E-state index contributed by atoms with van der Waals surface area (Å²) in [5, 5.41) is 15.7. The standard InChI is InChI=1S/C48H54N6O2/c1-5-29-27-53-21-17-31(29)23-43(53)45(35-15-19-49-41-13-11-33(55-3)25-39(35)41)47-37-9-7-8-10-38(37)48(52-51-47)46(44-24-32-18-22-54(44)28-30(32)6-2)36-16-20-50-42-14-12-34(56-4)26-40(36)42/h7-16,19-20,25-26,29-32,43-46H,5-6,17-18,21-24,27-28H2,1-4H3/t29-,30-,31-,32-,43+,44+,45-,46-/m0/s1. The highest BCUT2D eigenvalue weighted by Gasteiger charge is 2.47. The van der Waals surface area contributed by atoms with Gasteiger partial charge in [-0.15, -0.1) is 0 Å². The van der Waals surface area contributed by atoms with E-state index < -0.39 is 0 Å². The molecule has 3 aromatic carbocycles. The Bertz CT molecular complexity index is 2230. The number of ether oxygens (including phenoxy) is 2. The van der Waals surface area contributed by atoms with Crippen molar-refractivity contribution < 1.29 is 9.47 Å². The van der Waals surface area contributed by atoms with E-state index in [1.165, 1.54) is 60.4 Å². The summed E-state index contributed by atoms with van der Waals surface area (Å²) in [5.74, 6) is 4.68. The van der Waals surface area contributed by atoms with Gasteiger partial charge in [-0.1, -0.05) is 51.0 Å². The number of pyridine rings is 2. The fourth-order valence-electron chi connectivity index (χ4n) is 11.7. The molecule has 0 spiro atoms. The third kappa shape index (κ3) is 5.94. The lowest BCUT2D eigenvalue weighted by Crippen LogP contribution is -2.55. The first-order valence-electron chi connectivity index (χ1n) is 21.1. The molecule has 0 amide bonds. The van der Waals surface area contributed by atoms with Crippen LogP contribution in [0.2, 0.25) is 0 Å². The van der Waals surface area contributed by atoms with Crippen molar-refractivity contribution in [1.82, 2.24) is 30.0 Å². The van der Waals surface area contributed by atoms with E-state index in [0.29, 0.717) is 12.1 Å². The summed E-state index contributed by atoms with van der Waals surface area (Å²) in [4.78, 5) is 15.2. The molecule has 12 rings (SSSR count). The lowest BCUT2D eigenvalue weighted by atomic mass is 9.68. The topological polar surface area (TPSA) is 76.5 Å². The molecule has 10 atom stereocenters. The van der Waals surface area contributed by atoms with Gasteiger partial charge in [-0.25, -0.2) is 0 Å². The van der Waals surface area contributed by atoms with Crippen LogP contribution in [0, 0.1) is 23.7 Å². The summed E-state index contributed by atoms with van der Waals surface area (Å²) >= 11 is 0. The highest BCUT2D eigenvalue weighted by Crippen LogP contribution is 2.50. The maximum Gasteiger partial charge on any atom is 0.119 e. The third-order valence-corrected chi connectivity index (χ3v) is 14.7. The number of methoxy groups -OCH3 is 2. The number of hydrogen-bond acceptors (Lipinski definition) is 8. The second kappa shape index (κ2) is 14.7. The fraction of sp³-hybridized carbons (Fsp3) is 0.458. The highest BCUT2D eigenvalue weighted by molar-refractivity contribution is 5.91. The van der Waals surface area contributed by atoms with Crippen molar-refractivity contribution in [3.05, 3.63) is 108 Å². The van der Waals surface area contributed by atoms with Gasteiger partial charge in [0.15, 0.2) is 0 Å². The van der Waals surface area contributed by atoms with Crippen LogP contribution in [0.25, 0.3) is 32.6 Å². The molecule has 4 bridgehead atoms. The summed E-state index contributed by atoms with van der Waals surface area (Å²) in [7, 11) is 3.50. The molecule has 2 unspecified atom stereocenters. The van der Waals surface area contributed by atoms with Crippen LogP contribution >= 0.6 is 0 Å². The lowest BCUT2D eigenvalue weighted by molar-refractivity contribution is -0.00735. The monoisotopic (exact) mass is 746 g/mol. The minimum absolute atomic E-state index is 0.0175. The summed E-state index contributed by atoms with van der Waals surface area (Å²) in [5.41, 5.74) is 6.63. The summed E-state index contributed by atoms with van der Waals surface area (Å²) in [6.07, 6.45) is 11.3. The van der Waals surface area contributed by atoms with Crippen LogP contribution in [0.4, 0.5) is 0 Å². The van der Waals surface area contributed by atoms with E-state index in [4.69, 9.17) is 29.6 Å². The Morgan fingerprint density at radius 2 is 1.07 bits per heavy atom. The van der Waals surface area contributed by atoms with Gasteiger partial charge in [-0.2, -0.15) is 10.2 Å². The predicted octanol–water partition coefficient (Wildman–Crippen LogP) is 9.25. The fourth-order valence-corrected chi connectivity index (χ4v) is 11.7. The zero-order valence-electron chi connectivity index (χ0n) is 33.3. The Balaban J connectivity index is 1.19. The molecule has 9 heterocycles. The van der Waals surface area contributed by atoms with Crippen LogP contribution in [-0.2, 0) is 0 Å². The Kier molecular flexibility index (Phi) is 9.37. The van der Waals surface area contributed by atoms with Gasteiger partial charge in [0.25, 0.3) is 0 Å². The van der Waals surface area contributed by atoms with Gasteiger partial charge in [-0.05, 0) is 122 Å². The third-order valence-electron chi connectivity index (χ3n) is 14.7. The van der Waals surface area contributed by atoms with E-state index >= 15 is 0 Å². The quantitative estimate of drug-likeness (QED) is 0.137. The second-order valence-electron chi connectivity index (χ2n) is 17.1. The maximum absolute atomic E-state index is 5.80. The van der Waals surface area contributed by atoms with Crippen molar-refractivity contribution in [2.75, 3.05) is 40.4 Å². The van der Waals surface area contributed by atoms with Crippen molar-refractivity contribution in [3.8, 4) is 11.5 Å². The van der Waals surface area contributed by atoms with Crippen LogP contribution in [0.1, 0.15) is 86.7 Å². The molecule has 288 valence electrons. The van der Waals surface area contributed by atoms with E-state index in [1.807, 2.05) is 24.5 Å². The predicted molar refractivity (Wildman–Crippen MR) is 224 cm³/mol. The molecule has 6 aromatic rings. The molecule has 8 heteroatoms. The number of piperidine rings is 6.